The van der Waals surface area contributed by atoms with Gasteiger partial charge in [0.25, 0.3) is 5.91 Å². The number of benzene rings is 1. The molecule has 0 aliphatic rings. The van der Waals surface area contributed by atoms with Crippen LogP contribution in [-0.2, 0) is 0 Å². The average Bonchev–Trinajstić information content (AvgIpc) is 2.58. The van der Waals surface area contributed by atoms with E-state index in [1.807, 2.05) is 58.0 Å². The molecule has 2 rings (SSSR count). The van der Waals surface area contributed by atoms with E-state index in [1.54, 1.807) is 17.2 Å². The van der Waals surface area contributed by atoms with Crippen molar-refractivity contribution in [2.75, 3.05) is 18.4 Å². The van der Waals surface area contributed by atoms with Gasteiger partial charge in [-0.1, -0.05) is 0 Å². The highest BCUT2D eigenvalue weighted by molar-refractivity contribution is 5.92. The number of carbonyl (C=O) groups excluding carboxylic acids is 1. The number of pyridine rings is 1. The van der Waals surface area contributed by atoms with Gasteiger partial charge in [-0.05, 0) is 64.1 Å². The van der Waals surface area contributed by atoms with E-state index in [0.29, 0.717) is 18.8 Å². The zero-order valence-corrected chi connectivity index (χ0v) is 14.7. The third-order valence-corrected chi connectivity index (χ3v) is 3.55. The molecule has 0 aliphatic carbocycles. The Bertz CT molecular complexity index is 647. The second-order valence-electron chi connectivity index (χ2n) is 5.73. The van der Waals surface area contributed by atoms with Gasteiger partial charge in [0.05, 0.1) is 18.0 Å². The largest absolute Gasteiger partial charge is 0.491 e. The summed E-state index contributed by atoms with van der Waals surface area (Å²) in [7, 11) is 0. The third-order valence-electron chi connectivity index (χ3n) is 3.55. The molecule has 5 nitrogen and oxygen atoms in total. The van der Waals surface area contributed by atoms with E-state index in [1.165, 1.54) is 0 Å². The summed E-state index contributed by atoms with van der Waals surface area (Å²) < 4.78 is 5.62. The smallest absolute Gasteiger partial charge is 0.272 e. The van der Waals surface area contributed by atoms with E-state index >= 15 is 0 Å². The standard InChI is InChI=1S/C19H25N3O2/c1-5-22(6-2)19(23)18-12-9-16(13-20-18)21-15-7-10-17(11-8-15)24-14(3)4/h7-14,21H,5-6H2,1-4H3. The first-order valence-electron chi connectivity index (χ1n) is 8.32. The molecule has 24 heavy (non-hydrogen) atoms. The Balaban J connectivity index is 2.02. The summed E-state index contributed by atoms with van der Waals surface area (Å²) >= 11 is 0. The van der Waals surface area contributed by atoms with Crippen molar-refractivity contribution in [1.29, 1.82) is 0 Å². The molecule has 0 spiro atoms. The van der Waals surface area contributed by atoms with Gasteiger partial charge in [0.15, 0.2) is 0 Å². The molecule has 0 saturated heterocycles. The summed E-state index contributed by atoms with van der Waals surface area (Å²) in [4.78, 5) is 18.3. The Morgan fingerprint density at radius 2 is 1.71 bits per heavy atom. The molecule has 128 valence electrons. The molecule has 1 amide bonds. The van der Waals surface area contributed by atoms with E-state index in [-0.39, 0.29) is 12.0 Å². The molecular weight excluding hydrogens is 302 g/mol. The lowest BCUT2D eigenvalue weighted by Gasteiger charge is -2.18. The van der Waals surface area contributed by atoms with Gasteiger partial charge in [-0.15, -0.1) is 0 Å². The van der Waals surface area contributed by atoms with Gasteiger partial charge in [-0.25, -0.2) is 4.98 Å². The highest BCUT2D eigenvalue weighted by atomic mass is 16.5. The molecule has 1 aromatic carbocycles. The Hall–Kier alpha value is -2.56. The average molecular weight is 327 g/mol. The van der Waals surface area contributed by atoms with Crippen LogP contribution in [0.1, 0.15) is 38.2 Å². The summed E-state index contributed by atoms with van der Waals surface area (Å²) in [6.07, 6.45) is 1.83. The van der Waals surface area contributed by atoms with Gasteiger partial charge in [-0.2, -0.15) is 0 Å². The van der Waals surface area contributed by atoms with Crippen LogP contribution < -0.4 is 10.1 Å². The van der Waals surface area contributed by atoms with Crippen LogP contribution in [0.15, 0.2) is 42.6 Å². The fraction of sp³-hybridized carbons (Fsp3) is 0.368. The van der Waals surface area contributed by atoms with Gasteiger partial charge < -0.3 is 15.0 Å². The van der Waals surface area contributed by atoms with Crippen molar-refractivity contribution < 1.29 is 9.53 Å². The van der Waals surface area contributed by atoms with Gasteiger partial charge in [-0.3, -0.25) is 4.79 Å². The van der Waals surface area contributed by atoms with E-state index in [4.69, 9.17) is 4.74 Å². The number of nitrogens with zero attached hydrogens (tertiary/aromatic N) is 2. The van der Waals surface area contributed by atoms with Crippen molar-refractivity contribution in [2.45, 2.75) is 33.8 Å². The van der Waals surface area contributed by atoms with E-state index < -0.39 is 0 Å². The molecule has 0 bridgehead atoms. The summed E-state index contributed by atoms with van der Waals surface area (Å²) in [5.41, 5.74) is 2.24. The molecule has 0 aliphatic heterocycles. The molecule has 0 atom stereocenters. The molecule has 5 heteroatoms. The number of nitrogens with one attached hydrogen (secondary N) is 1. The molecule has 0 unspecified atom stereocenters. The van der Waals surface area contributed by atoms with Gasteiger partial charge in [0.1, 0.15) is 11.4 Å². The number of amides is 1. The Morgan fingerprint density at radius 1 is 1.08 bits per heavy atom. The maximum Gasteiger partial charge on any atom is 0.272 e. The Labute approximate surface area is 143 Å². The number of rotatable bonds is 7. The summed E-state index contributed by atoms with van der Waals surface area (Å²) in [6, 6.07) is 11.4. The Morgan fingerprint density at radius 3 is 2.21 bits per heavy atom. The first-order chi connectivity index (χ1) is 11.5. The summed E-state index contributed by atoms with van der Waals surface area (Å²) in [5, 5.41) is 3.26. The first-order valence-corrected chi connectivity index (χ1v) is 8.32. The van der Waals surface area contributed by atoms with Gasteiger partial charge >= 0.3 is 0 Å². The quantitative estimate of drug-likeness (QED) is 0.832. The highest BCUT2D eigenvalue weighted by Crippen LogP contribution is 2.20. The minimum Gasteiger partial charge on any atom is -0.491 e. The van der Waals surface area contributed by atoms with Gasteiger partial charge in [0.2, 0.25) is 0 Å². The fourth-order valence-corrected chi connectivity index (χ4v) is 2.32. The van der Waals surface area contributed by atoms with Crippen LogP contribution in [0.2, 0.25) is 0 Å². The minimum absolute atomic E-state index is 0.0401. The summed E-state index contributed by atoms with van der Waals surface area (Å²) in [6.45, 7) is 9.29. The van der Waals surface area contributed by atoms with Crippen molar-refractivity contribution in [1.82, 2.24) is 9.88 Å². The maximum absolute atomic E-state index is 12.2. The predicted octanol–water partition coefficient (Wildman–Crippen LogP) is 4.09. The molecule has 0 fully saturated rings. The SMILES string of the molecule is CCN(CC)C(=O)c1ccc(Nc2ccc(OC(C)C)cc2)cn1. The lowest BCUT2D eigenvalue weighted by atomic mass is 10.2. The minimum atomic E-state index is -0.0401. The van der Waals surface area contributed by atoms with Crippen molar-refractivity contribution in [3.05, 3.63) is 48.3 Å². The number of aromatic nitrogens is 1. The zero-order valence-electron chi connectivity index (χ0n) is 14.7. The second-order valence-corrected chi connectivity index (χ2v) is 5.73. The van der Waals surface area contributed by atoms with Crippen molar-refractivity contribution in [3.8, 4) is 5.75 Å². The molecule has 1 aromatic heterocycles. The fourth-order valence-electron chi connectivity index (χ4n) is 2.32. The number of ether oxygens (including phenoxy) is 1. The topological polar surface area (TPSA) is 54.5 Å². The molecule has 2 aromatic rings. The van der Waals surface area contributed by atoms with Crippen LogP contribution in [0.25, 0.3) is 0 Å². The zero-order chi connectivity index (χ0) is 17.5. The summed E-state index contributed by atoms with van der Waals surface area (Å²) in [5.74, 6) is 0.801. The van der Waals surface area contributed by atoms with Gasteiger partial charge in [0, 0.05) is 18.8 Å². The number of hydrogen-bond acceptors (Lipinski definition) is 4. The third kappa shape index (κ3) is 4.72. The lowest BCUT2D eigenvalue weighted by Crippen LogP contribution is -2.31. The Kier molecular flexibility index (Phi) is 6.18. The van der Waals surface area contributed by atoms with Crippen LogP contribution in [0.5, 0.6) is 5.75 Å². The maximum atomic E-state index is 12.2. The van der Waals surface area contributed by atoms with Crippen LogP contribution in [-0.4, -0.2) is 35.0 Å². The van der Waals surface area contributed by atoms with E-state index in [2.05, 4.69) is 10.3 Å². The van der Waals surface area contributed by atoms with Crippen molar-refractivity contribution >= 4 is 17.3 Å². The van der Waals surface area contributed by atoms with Crippen LogP contribution in [0.4, 0.5) is 11.4 Å². The molecule has 0 saturated carbocycles. The number of hydrogen-bond donors (Lipinski definition) is 1. The predicted molar refractivity (Wildman–Crippen MR) is 97.0 cm³/mol. The molecule has 0 radical (unpaired) electrons. The molecule has 1 N–H and O–H groups in total. The number of anilines is 2. The molecular formula is C19H25N3O2. The monoisotopic (exact) mass is 327 g/mol. The normalized spacial score (nSPS) is 10.5. The number of carbonyl (C=O) groups is 1. The van der Waals surface area contributed by atoms with E-state index in [0.717, 1.165) is 17.1 Å². The lowest BCUT2D eigenvalue weighted by molar-refractivity contribution is 0.0767. The molecule has 1 heterocycles. The van der Waals surface area contributed by atoms with Crippen molar-refractivity contribution in [3.63, 3.8) is 0 Å². The van der Waals surface area contributed by atoms with Crippen LogP contribution in [0, 0.1) is 0 Å². The van der Waals surface area contributed by atoms with E-state index in [9.17, 15) is 4.79 Å². The van der Waals surface area contributed by atoms with Crippen LogP contribution in [0.3, 0.4) is 0 Å². The van der Waals surface area contributed by atoms with Crippen molar-refractivity contribution in [2.24, 2.45) is 0 Å². The highest BCUT2D eigenvalue weighted by Gasteiger charge is 2.13. The first kappa shape index (κ1) is 17.8. The van der Waals surface area contributed by atoms with Crippen LogP contribution >= 0.6 is 0 Å². The second kappa shape index (κ2) is 8.34.